The highest BCUT2D eigenvalue weighted by atomic mass is 79.9. The molecule has 7 nitrogen and oxygen atoms in total. The summed E-state index contributed by atoms with van der Waals surface area (Å²) < 4.78 is 5.84. The molecule has 0 aromatic heterocycles. The number of carbonyl (C=O) groups excluding carboxylic acids is 3. The largest absolute Gasteiger partial charge is 0.503 e. The van der Waals surface area contributed by atoms with Crippen molar-refractivity contribution >= 4 is 39.9 Å². The molecule has 8 heteroatoms. The van der Waals surface area contributed by atoms with Gasteiger partial charge in [-0.2, -0.15) is 0 Å². The van der Waals surface area contributed by atoms with Crippen LogP contribution in [0.3, 0.4) is 0 Å². The van der Waals surface area contributed by atoms with E-state index in [1.807, 2.05) is 6.92 Å². The van der Waals surface area contributed by atoms with Crippen molar-refractivity contribution in [3.05, 3.63) is 27.7 Å². The van der Waals surface area contributed by atoms with Crippen LogP contribution in [0.5, 0.6) is 11.5 Å². The fourth-order valence-electron chi connectivity index (χ4n) is 7.10. The van der Waals surface area contributed by atoms with Gasteiger partial charge in [-0.05, 0) is 115 Å². The molecule has 4 saturated carbocycles. The molecule has 4 bridgehead atoms. The molecule has 1 saturated heterocycles. The molecule has 0 radical (unpaired) electrons. The summed E-state index contributed by atoms with van der Waals surface area (Å²) in [6.07, 6.45) is 8.41. The summed E-state index contributed by atoms with van der Waals surface area (Å²) in [5.74, 6) is 0.983. The summed E-state index contributed by atoms with van der Waals surface area (Å²) in [6.45, 7) is 4.12. The van der Waals surface area contributed by atoms with Gasteiger partial charge in [0.1, 0.15) is 5.57 Å². The molecule has 5 fully saturated rings. The van der Waals surface area contributed by atoms with E-state index in [9.17, 15) is 19.5 Å². The number of aromatic hydroxyl groups is 1. The third-order valence-electron chi connectivity index (χ3n) is 8.15. The van der Waals surface area contributed by atoms with Crippen LogP contribution in [0, 0.1) is 23.2 Å². The first-order chi connectivity index (χ1) is 15.7. The molecule has 5 aliphatic rings. The molecule has 176 valence electrons. The van der Waals surface area contributed by atoms with Crippen molar-refractivity contribution in [2.45, 2.75) is 58.4 Å². The fraction of sp³-hybridized carbons (Fsp3) is 0.560. The lowest BCUT2D eigenvalue weighted by Crippen LogP contribution is -2.63. The monoisotopic (exact) mass is 516 g/mol. The van der Waals surface area contributed by atoms with E-state index in [0.717, 1.165) is 19.3 Å². The van der Waals surface area contributed by atoms with Gasteiger partial charge in [-0.15, -0.1) is 0 Å². The number of hydrogen-bond acceptors (Lipinski definition) is 5. The molecule has 33 heavy (non-hydrogen) atoms. The van der Waals surface area contributed by atoms with Gasteiger partial charge in [0.25, 0.3) is 11.8 Å². The van der Waals surface area contributed by atoms with Crippen molar-refractivity contribution in [1.29, 1.82) is 0 Å². The molecule has 6 rings (SSSR count). The summed E-state index contributed by atoms with van der Waals surface area (Å²) in [7, 11) is 0. The summed E-state index contributed by atoms with van der Waals surface area (Å²) in [4.78, 5) is 40.3. The number of nitrogens with zero attached hydrogens (tertiary/aromatic N) is 1. The Hall–Kier alpha value is -2.35. The topological polar surface area (TPSA) is 95.9 Å². The normalized spacial score (nSPS) is 32.9. The van der Waals surface area contributed by atoms with Crippen LogP contribution >= 0.6 is 15.9 Å². The van der Waals surface area contributed by atoms with Crippen molar-refractivity contribution in [2.75, 3.05) is 6.61 Å². The smallest absolute Gasteiger partial charge is 0.331 e. The van der Waals surface area contributed by atoms with Gasteiger partial charge in [-0.3, -0.25) is 19.8 Å². The van der Waals surface area contributed by atoms with Gasteiger partial charge >= 0.3 is 6.03 Å². The zero-order chi connectivity index (χ0) is 23.5. The quantitative estimate of drug-likeness (QED) is 0.439. The third-order valence-corrected chi connectivity index (χ3v) is 8.76. The van der Waals surface area contributed by atoms with E-state index < -0.39 is 17.8 Å². The van der Waals surface area contributed by atoms with E-state index in [-0.39, 0.29) is 28.5 Å². The number of ether oxygens (including phenoxy) is 1. The fourth-order valence-corrected chi connectivity index (χ4v) is 7.56. The van der Waals surface area contributed by atoms with Gasteiger partial charge in [0.15, 0.2) is 11.5 Å². The average Bonchev–Trinajstić information content (AvgIpc) is 2.73. The van der Waals surface area contributed by atoms with E-state index in [1.54, 1.807) is 19.1 Å². The summed E-state index contributed by atoms with van der Waals surface area (Å²) in [6, 6.07) is 2.27. The Kier molecular flexibility index (Phi) is 5.54. The van der Waals surface area contributed by atoms with Gasteiger partial charge in [0, 0.05) is 6.04 Å². The highest BCUT2D eigenvalue weighted by Crippen LogP contribution is 2.62. The summed E-state index contributed by atoms with van der Waals surface area (Å²) in [5, 5.41) is 12.5. The molecule has 0 spiro atoms. The molecule has 1 aliphatic heterocycles. The minimum atomic E-state index is -0.707. The third kappa shape index (κ3) is 3.76. The maximum absolute atomic E-state index is 13.5. The standard InChI is InChI=1S/C25H29BrN2O5/c1-3-33-20-9-14(8-19(26)21(20)29)7-18-22(30)27-24(32)28(23(18)31)13(2)25-10-15-4-16(11-25)6-17(5-15)12-25/h7-9,13,15-17,29H,3-6,10-12H2,1-2H3,(H,27,30,32)/b18-7+/t13-,15?,16?,17?,25?/m1/s1. The zero-order valence-electron chi connectivity index (χ0n) is 18.9. The van der Waals surface area contributed by atoms with E-state index in [1.165, 1.54) is 30.2 Å². The number of amides is 4. The van der Waals surface area contributed by atoms with Crippen LogP contribution in [0.4, 0.5) is 4.79 Å². The second-order valence-corrected chi connectivity index (χ2v) is 11.1. The van der Waals surface area contributed by atoms with Gasteiger partial charge in [0.2, 0.25) is 0 Å². The second-order valence-electron chi connectivity index (χ2n) is 10.2. The van der Waals surface area contributed by atoms with Crippen molar-refractivity contribution < 1.29 is 24.2 Å². The lowest BCUT2D eigenvalue weighted by molar-refractivity contribution is -0.139. The first kappa shape index (κ1) is 22.4. The molecule has 4 amide bonds. The zero-order valence-corrected chi connectivity index (χ0v) is 20.5. The number of carbonyl (C=O) groups is 3. The Morgan fingerprint density at radius 3 is 2.36 bits per heavy atom. The Bertz CT molecular complexity index is 1030. The molecule has 1 heterocycles. The van der Waals surface area contributed by atoms with E-state index >= 15 is 0 Å². The molecular weight excluding hydrogens is 488 g/mol. The Balaban J connectivity index is 1.47. The molecular formula is C25H29BrN2O5. The molecule has 0 unspecified atom stereocenters. The number of phenols is 1. The number of benzene rings is 1. The molecule has 1 aromatic rings. The SMILES string of the molecule is CCOc1cc(/C=C2\C(=O)NC(=O)N([C@H](C)C34CC5CC(CC(C5)C3)C4)C2=O)cc(Br)c1O. The maximum Gasteiger partial charge on any atom is 0.331 e. The van der Waals surface area contributed by atoms with Crippen LogP contribution in [0.25, 0.3) is 6.08 Å². The van der Waals surface area contributed by atoms with Gasteiger partial charge in [0.05, 0.1) is 11.1 Å². The predicted molar refractivity (Wildman–Crippen MR) is 125 cm³/mol. The number of imide groups is 2. The van der Waals surface area contributed by atoms with Gasteiger partial charge in [-0.1, -0.05) is 0 Å². The number of rotatable bonds is 5. The van der Waals surface area contributed by atoms with Gasteiger partial charge in [-0.25, -0.2) is 4.79 Å². The van der Waals surface area contributed by atoms with Crippen molar-refractivity contribution in [3.63, 3.8) is 0 Å². The van der Waals surface area contributed by atoms with Crippen LogP contribution in [0.2, 0.25) is 0 Å². The Morgan fingerprint density at radius 2 is 1.79 bits per heavy atom. The minimum absolute atomic E-state index is 0.0503. The van der Waals surface area contributed by atoms with E-state index in [0.29, 0.717) is 34.4 Å². The number of phenolic OH excluding ortho intramolecular Hbond substituents is 1. The van der Waals surface area contributed by atoms with Crippen LogP contribution in [-0.4, -0.2) is 40.5 Å². The first-order valence-electron chi connectivity index (χ1n) is 11.8. The van der Waals surface area contributed by atoms with Crippen molar-refractivity contribution in [2.24, 2.45) is 23.2 Å². The Labute approximate surface area is 201 Å². The van der Waals surface area contributed by atoms with Crippen LogP contribution in [0.15, 0.2) is 22.2 Å². The first-order valence-corrected chi connectivity index (χ1v) is 12.6. The minimum Gasteiger partial charge on any atom is -0.503 e. The number of barbiturate groups is 1. The number of halogens is 1. The highest BCUT2D eigenvalue weighted by Gasteiger charge is 2.56. The molecule has 4 aliphatic carbocycles. The molecule has 1 atom stereocenters. The van der Waals surface area contributed by atoms with Gasteiger partial charge < -0.3 is 9.84 Å². The second kappa shape index (κ2) is 8.15. The molecule has 1 aromatic carbocycles. The summed E-state index contributed by atoms with van der Waals surface area (Å²) >= 11 is 3.29. The average molecular weight is 517 g/mol. The summed E-state index contributed by atoms with van der Waals surface area (Å²) in [5.41, 5.74) is 0.362. The highest BCUT2D eigenvalue weighted by molar-refractivity contribution is 9.10. The van der Waals surface area contributed by atoms with Crippen LogP contribution in [0.1, 0.15) is 57.9 Å². The van der Waals surface area contributed by atoms with E-state index in [2.05, 4.69) is 21.2 Å². The maximum atomic E-state index is 13.5. The van der Waals surface area contributed by atoms with Crippen molar-refractivity contribution in [1.82, 2.24) is 10.2 Å². The number of nitrogens with one attached hydrogen (secondary N) is 1. The number of urea groups is 1. The Morgan fingerprint density at radius 1 is 1.18 bits per heavy atom. The molecule has 2 N–H and O–H groups in total. The van der Waals surface area contributed by atoms with Crippen molar-refractivity contribution in [3.8, 4) is 11.5 Å². The van der Waals surface area contributed by atoms with E-state index in [4.69, 9.17) is 4.74 Å². The predicted octanol–water partition coefficient (Wildman–Crippen LogP) is 4.62. The number of hydrogen-bond donors (Lipinski definition) is 2. The lowest BCUT2D eigenvalue weighted by Gasteiger charge is -2.60. The lowest BCUT2D eigenvalue weighted by atomic mass is 9.47. The van der Waals surface area contributed by atoms with Crippen LogP contribution in [-0.2, 0) is 9.59 Å². The van der Waals surface area contributed by atoms with Crippen LogP contribution < -0.4 is 10.1 Å².